The van der Waals surface area contributed by atoms with E-state index in [1.54, 1.807) is 24.4 Å². The van der Waals surface area contributed by atoms with E-state index in [2.05, 4.69) is 54.5 Å². The van der Waals surface area contributed by atoms with Crippen LogP contribution in [0.1, 0.15) is 24.4 Å². The van der Waals surface area contributed by atoms with Crippen molar-refractivity contribution in [2.75, 3.05) is 5.32 Å². The summed E-state index contributed by atoms with van der Waals surface area (Å²) in [7, 11) is 0. The number of nitriles is 1. The van der Waals surface area contributed by atoms with E-state index in [0.717, 1.165) is 28.8 Å². The maximum absolute atomic E-state index is 11.3. The number of thiazole rings is 1. The van der Waals surface area contributed by atoms with Gasteiger partial charge in [-0.1, -0.05) is 38.1 Å². The van der Waals surface area contributed by atoms with Gasteiger partial charge in [0.25, 0.3) is 0 Å². The lowest BCUT2D eigenvalue weighted by Gasteiger charge is -2.05. The molecule has 0 bridgehead atoms. The summed E-state index contributed by atoms with van der Waals surface area (Å²) in [6.07, 6.45) is 2.70. The van der Waals surface area contributed by atoms with Crippen LogP contribution in [0.3, 0.4) is 0 Å². The van der Waals surface area contributed by atoms with Gasteiger partial charge >= 0.3 is 5.63 Å². The maximum atomic E-state index is 11.3. The largest absolute Gasteiger partial charge is 0.423 e. The molecule has 4 aromatic rings. The van der Waals surface area contributed by atoms with Crippen molar-refractivity contribution in [3.8, 4) is 17.3 Å². The molecule has 0 spiro atoms. The predicted molar refractivity (Wildman–Crippen MR) is 126 cm³/mol. The molecule has 0 fully saturated rings. The Labute approximate surface area is 184 Å². The van der Waals surface area contributed by atoms with Crippen LogP contribution >= 0.6 is 11.3 Å². The molecule has 0 aliphatic rings. The third-order valence-electron chi connectivity index (χ3n) is 4.75. The molecule has 2 aromatic carbocycles. The predicted octanol–water partition coefficient (Wildman–Crippen LogP) is 6.09. The van der Waals surface area contributed by atoms with E-state index in [1.165, 1.54) is 23.0 Å². The zero-order valence-electron chi connectivity index (χ0n) is 17.3. The number of rotatable bonds is 6. The first-order valence-electron chi connectivity index (χ1n) is 9.98. The first kappa shape index (κ1) is 20.6. The van der Waals surface area contributed by atoms with Crippen molar-refractivity contribution in [2.45, 2.75) is 20.3 Å². The van der Waals surface area contributed by atoms with Crippen molar-refractivity contribution in [2.24, 2.45) is 5.92 Å². The van der Waals surface area contributed by atoms with Gasteiger partial charge in [0.15, 0.2) is 0 Å². The Morgan fingerprint density at radius 3 is 2.74 bits per heavy atom. The fourth-order valence-corrected chi connectivity index (χ4v) is 4.07. The standard InChI is InChI=1S/C25H21N3O2S/c1-16(2)11-17-3-5-18(6-4-17)22-15-31-25(28-22)20(13-26)14-27-21-8-9-23-19(12-21)7-10-24(29)30-23/h3-10,12,14-16,27H,11H2,1-2H3. The van der Waals surface area contributed by atoms with Crippen molar-refractivity contribution in [3.05, 3.63) is 87.2 Å². The fourth-order valence-electron chi connectivity index (χ4n) is 3.27. The van der Waals surface area contributed by atoms with Gasteiger partial charge in [-0.3, -0.25) is 0 Å². The molecule has 0 atom stereocenters. The molecular formula is C25H21N3O2S. The Kier molecular flexibility index (Phi) is 5.96. The number of fused-ring (bicyclic) bond motifs is 1. The number of aromatic nitrogens is 1. The summed E-state index contributed by atoms with van der Waals surface area (Å²) in [5.74, 6) is 0.619. The fraction of sp³-hybridized carbons (Fsp3) is 0.160. The van der Waals surface area contributed by atoms with E-state index >= 15 is 0 Å². The Morgan fingerprint density at radius 2 is 2.00 bits per heavy atom. The van der Waals surface area contributed by atoms with Gasteiger partial charge in [0.05, 0.1) is 5.69 Å². The molecule has 0 aliphatic carbocycles. The minimum atomic E-state index is -0.381. The van der Waals surface area contributed by atoms with Gasteiger partial charge < -0.3 is 9.73 Å². The number of hydrogen-bond donors (Lipinski definition) is 1. The Bertz CT molecular complexity index is 1340. The summed E-state index contributed by atoms with van der Waals surface area (Å²) in [6, 6.07) is 19.1. The van der Waals surface area contributed by atoms with E-state index in [9.17, 15) is 10.1 Å². The first-order valence-corrected chi connectivity index (χ1v) is 10.9. The summed E-state index contributed by atoms with van der Waals surface area (Å²) in [5, 5.41) is 16.2. The zero-order valence-corrected chi connectivity index (χ0v) is 18.1. The molecule has 0 saturated carbocycles. The van der Waals surface area contributed by atoms with Crippen LogP contribution in [0.4, 0.5) is 5.69 Å². The van der Waals surface area contributed by atoms with Crippen LogP contribution in [0, 0.1) is 17.2 Å². The third-order valence-corrected chi connectivity index (χ3v) is 5.63. The molecule has 0 amide bonds. The maximum Gasteiger partial charge on any atom is 0.336 e. The first-order chi connectivity index (χ1) is 15.0. The van der Waals surface area contributed by atoms with Crippen LogP contribution in [-0.2, 0) is 6.42 Å². The third kappa shape index (κ3) is 4.90. The van der Waals surface area contributed by atoms with E-state index in [0.29, 0.717) is 22.1 Å². The van der Waals surface area contributed by atoms with Crippen LogP contribution in [-0.4, -0.2) is 4.98 Å². The van der Waals surface area contributed by atoms with Gasteiger partial charge in [-0.2, -0.15) is 5.26 Å². The van der Waals surface area contributed by atoms with E-state index < -0.39 is 0 Å². The Balaban J connectivity index is 1.52. The van der Waals surface area contributed by atoms with Gasteiger partial charge in [0.1, 0.15) is 22.2 Å². The van der Waals surface area contributed by atoms with Crippen LogP contribution < -0.4 is 10.9 Å². The van der Waals surface area contributed by atoms with Gasteiger partial charge in [-0.15, -0.1) is 11.3 Å². The van der Waals surface area contributed by atoms with Gasteiger partial charge in [0, 0.05) is 34.3 Å². The lowest BCUT2D eigenvalue weighted by molar-refractivity contribution is 0.561. The van der Waals surface area contributed by atoms with Crippen molar-refractivity contribution >= 4 is 33.6 Å². The minimum absolute atomic E-state index is 0.381. The quantitative estimate of drug-likeness (QED) is 0.297. The summed E-state index contributed by atoms with van der Waals surface area (Å²) in [4.78, 5) is 16.0. The lowest BCUT2D eigenvalue weighted by atomic mass is 10.0. The second-order valence-corrected chi connectivity index (χ2v) is 8.51. The number of anilines is 1. The molecule has 0 saturated heterocycles. The van der Waals surface area contributed by atoms with Crippen LogP contribution in [0.2, 0.25) is 0 Å². The SMILES string of the molecule is CC(C)Cc1ccc(-c2csc(C(C#N)=CNc3ccc4oc(=O)ccc4c3)n2)cc1. The van der Waals surface area contributed by atoms with Gasteiger partial charge in [-0.25, -0.2) is 9.78 Å². The highest BCUT2D eigenvalue weighted by Crippen LogP contribution is 2.27. The molecule has 0 unspecified atom stereocenters. The highest BCUT2D eigenvalue weighted by molar-refractivity contribution is 7.11. The molecule has 4 rings (SSSR count). The molecule has 0 radical (unpaired) electrons. The lowest BCUT2D eigenvalue weighted by Crippen LogP contribution is -1.95. The number of benzene rings is 2. The van der Waals surface area contributed by atoms with Crippen LogP contribution in [0.5, 0.6) is 0 Å². The molecule has 1 N–H and O–H groups in total. The monoisotopic (exact) mass is 427 g/mol. The van der Waals surface area contributed by atoms with Crippen molar-refractivity contribution in [3.63, 3.8) is 0 Å². The van der Waals surface area contributed by atoms with Crippen molar-refractivity contribution in [1.82, 2.24) is 4.98 Å². The number of hydrogen-bond acceptors (Lipinski definition) is 6. The Morgan fingerprint density at radius 1 is 1.19 bits per heavy atom. The smallest absolute Gasteiger partial charge is 0.336 e. The average molecular weight is 428 g/mol. The summed E-state index contributed by atoms with van der Waals surface area (Å²) < 4.78 is 5.14. The second-order valence-electron chi connectivity index (χ2n) is 7.65. The van der Waals surface area contributed by atoms with E-state index in [1.807, 2.05) is 11.4 Å². The van der Waals surface area contributed by atoms with E-state index in [4.69, 9.17) is 4.42 Å². The topological polar surface area (TPSA) is 78.9 Å². The molecular weight excluding hydrogens is 406 g/mol. The van der Waals surface area contributed by atoms with Crippen LogP contribution in [0.15, 0.2) is 75.4 Å². The molecule has 5 nitrogen and oxygen atoms in total. The number of allylic oxidation sites excluding steroid dienone is 1. The highest BCUT2D eigenvalue weighted by atomic mass is 32.1. The number of nitrogens with one attached hydrogen (secondary N) is 1. The molecule has 2 heterocycles. The van der Waals surface area contributed by atoms with Crippen molar-refractivity contribution < 1.29 is 4.42 Å². The zero-order chi connectivity index (χ0) is 21.8. The van der Waals surface area contributed by atoms with Gasteiger partial charge in [0.2, 0.25) is 0 Å². The summed E-state index contributed by atoms with van der Waals surface area (Å²) in [6.45, 7) is 4.42. The number of nitrogens with zero attached hydrogens (tertiary/aromatic N) is 2. The molecule has 2 aromatic heterocycles. The molecule has 154 valence electrons. The average Bonchev–Trinajstić information content (AvgIpc) is 3.24. The highest BCUT2D eigenvalue weighted by Gasteiger charge is 2.09. The summed E-state index contributed by atoms with van der Waals surface area (Å²) >= 11 is 1.44. The van der Waals surface area contributed by atoms with E-state index in [-0.39, 0.29) is 5.63 Å². The van der Waals surface area contributed by atoms with Crippen LogP contribution in [0.25, 0.3) is 27.8 Å². The minimum Gasteiger partial charge on any atom is -0.423 e. The van der Waals surface area contributed by atoms with Crippen molar-refractivity contribution in [1.29, 1.82) is 5.26 Å². The second kappa shape index (κ2) is 8.99. The van der Waals surface area contributed by atoms with Gasteiger partial charge in [-0.05, 0) is 42.2 Å². The molecule has 6 heteroatoms. The molecule has 31 heavy (non-hydrogen) atoms. The Hall–Kier alpha value is -3.69. The molecule has 0 aliphatic heterocycles. The summed E-state index contributed by atoms with van der Waals surface area (Å²) in [5.41, 5.74) is 4.58. The normalized spacial score (nSPS) is 11.6.